The van der Waals surface area contributed by atoms with Crippen molar-refractivity contribution >= 4 is 11.6 Å². The molecule has 90 valence electrons. The van der Waals surface area contributed by atoms with Gasteiger partial charge in [0, 0.05) is 5.56 Å². The highest BCUT2D eigenvalue weighted by Crippen LogP contribution is 2.29. The lowest BCUT2D eigenvalue weighted by molar-refractivity contribution is -0.274. The number of benzene rings is 1. The molecule has 0 amide bonds. The highest BCUT2D eigenvalue weighted by molar-refractivity contribution is 6.17. The molecule has 0 bridgehead atoms. The average molecular weight is 255 g/mol. The Balaban J connectivity index is 2.90. The molecule has 0 aliphatic carbocycles. The minimum absolute atomic E-state index is 0.0599. The SMILES string of the molecule is CCOc1ccc(OC(F)(F)F)cc1CCl. The first-order valence-corrected chi connectivity index (χ1v) is 5.07. The largest absolute Gasteiger partial charge is 0.573 e. The second-order valence-electron chi connectivity index (χ2n) is 2.88. The van der Waals surface area contributed by atoms with Gasteiger partial charge in [0.15, 0.2) is 0 Å². The first-order chi connectivity index (χ1) is 7.46. The van der Waals surface area contributed by atoms with Crippen LogP contribution in [0.5, 0.6) is 11.5 Å². The van der Waals surface area contributed by atoms with Crippen LogP contribution in [0.25, 0.3) is 0 Å². The molecule has 16 heavy (non-hydrogen) atoms. The van der Waals surface area contributed by atoms with Crippen molar-refractivity contribution in [3.8, 4) is 11.5 Å². The molecular weight excluding hydrogens is 245 g/mol. The van der Waals surface area contributed by atoms with E-state index in [0.717, 1.165) is 0 Å². The molecule has 1 rings (SSSR count). The van der Waals surface area contributed by atoms with Crippen LogP contribution in [0, 0.1) is 0 Å². The Bertz CT molecular complexity index is 352. The minimum Gasteiger partial charge on any atom is -0.494 e. The molecule has 2 nitrogen and oxygen atoms in total. The standard InChI is InChI=1S/C10H10ClF3O2/c1-2-15-9-4-3-8(5-7(9)6-11)16-10(12,13)14/h3-5H,2,6H2,1H3. The Morgan fingerprint density at radius 2 is 2.00 bits per heavy atom. The molecule has 0 unspecified atom stereocenters. The Morgan fingerprint density at radius 1 is 1.31 bits per heavy atom. The van der Waals surface area contributed by atoms with Crippen LogP contribution in [-0.4, -0.2) is 13.0 Å². The molecular formula is C10H10ClF3O2. The van der Waals surface area contributed by atoms with Crippen LogP contribution < -0.4 is 9.47 Å². The number of rotatable bonds is 4. The molecule has 0 fully saturated rings. The topological polar surface area (TPSA) is 18.5 Å². The van der Waals surface area contributed by atoms with Crippen molar-refractivity contribution in [2.75, 3.05) is 6.61 Å². The molecule has 6 heteroatoms. The summed E-state index contributed by atoms with van der Waals surface area (Å²) in [7, 11) is 0. The van der Waals surface area contributed by atoms with Crippen molar-refractivity contribution < 1.29 is 22.6 Å². The van der Waals surface area contributed by atoms with Gasteiger partial charge in [0.25, 0.3) is 0 Å². The molecule has 0 aliphatic heterocycles. The minimum atomic E-state index is -4.70. The van der Waals surface area contributed by atoms with E-state index < -0.39 is 6.36 Å². The van der Waals surface area contributed by atoms with Crippen LogP contribution >= 0.6 is 11.6 Å². The number of hydrogen-bond acceptors (Lipinski definition) is 2. The molecule has 1 aromatic carbocycles. The van der Waals surface area contributed by atoms with Gasteiger partial charge in [-0.05, 0) is 25.1 Å². The lowest BCUT2D eigenvalue weighted by Gasteiger charge is -2.12. The van der Waals surface area contributed by atoms with E-state index >= 15 is 0 Å². The zero-order valence-electron chi connectivity index (χ0n) is 8.47. The summed E-state index contributed by atoms with van der Waals surface area (Å²) in [6.07, 6.45) is -4.70. The Morgan fingerprint density at radius 3 is 2.50 bits per heavy atom. The van der Waals surface area contributed by atoms with Crippen molar-refractivity contribution in [3.05, 3.63) is 23.8 Å². The summed E-state index contributed by atoms with van der Waals surface area (Å²) in [4.78, 5) is 0. The van der Waals surface area contributed by atoms with E-state index in [1.54, 1.807) is 6.92 Å². The van der Waals surface area contributed by atoms with Gasteiger partial charge < -0.3 is 9.47 Å². The van der Waals surface area contributed by atoms with Gasteiger partial charge in [0.2, 0.25) is 0 Å². The van der Waals surface area contributed by atoms with Crippen LogP contribution in [0.4, 0.5) is 13.2 Å². The maximum absolute atomic E-state index is 11.9. The van der Waals surface area contributed by atoms with Crippen LogP contribution in [0.15, 0.2) is 18.2 Å². The Kier molecular flexibility index (Phi) is 4.29. The normalized spacial score (nSPS) is 11.3. The van der Waals surface area contributed by atoms with Gasteiger partial charge in [-0.15, -0.1) is 24.8 Å². The number of ether oxygens (including phenoxy) is 2. The fourth-order valence-corrected chi connectivity index (χ4v) is 1.36. The lowest BCUT2D eigenvalue weighted by atomic mass is 10.2. The van der Waals surface area contributed by atoms with Gasteiger partial charge in [-0.25, -0.2) is 0 Å². The molecule has 0 saturated heterocycles. The van der Waals surface area contributed by atoms with Crippen molar-refractivity contribution in [1.82, 2.24) is 0 Å². The summed E-state index contributed by atoms with van der Waals surface area (Å²) < 4.78 is 44.8. The van der Waals surface area contributed by atoms with Gasteiger partial charge in [-0.3, -0.25) is 0 Å². The molecule has 0 heterocycles. The van der Waals surface area contributed by atoms with E-state index in [-0.39, 0.29) is 11.6 Å². The van der Waals surface area contributed by atoms with E-state index in [4.69, 9.17) is 16.3 Å². The third-order valence-electron chi connectivity index (χ3n) is 1.71. The van der Waals surface area contributed by atoms with Crippen LogP contribution in [0.3, 0.4) is 0 Å². The molecule has 0 radical (unpaired) electrons. The molecule has 0 aliphatic rings. The summed E-state index contributed by atoms with van der Waals surface area (Å²) in [5.74, 6) is 0.225. The van der Waals surface area contributed by atoms with E-state index in [2.05, 4.69) is 4.74 Å². The maximum atomic E-state index is 11.9. The molecule has 0 aromatic heterocycles. The zero-order valence-corrected chi connectivity index (χ0v) is 9.23. The van der Waals surface area contributed by atoms with E-state index in [1.165, 1.54) is 18.2 Å². The highest BCUT2D eigenvalue weighted by atomic mass is 35.5. The predicted molar refractivity (Wildman–Crippen MR) is 53.9 cm³/mol. The molecule has 0 N–H and O–H groups in total. The predicted octanol–water partition coefficient (Wildman–Crippen LogP) is 3.72. The summed E-state index contributed by atoms with van der Waals surface area (Å²) in [5.41, 5.74) is 0.463. The van der Waals surface area contributed by atoms with Crippen molar-refractivity contribution in [3.63, 3.8) is 0 Å². The molecule has 0 spiro atoms. The monoisotopic (exact) mass is 254 g/mol. The maximum Gasteiger partial charge on any atom is 0.573 e. The third kappa shape index (κ3) is 3.81. The highest BCUT2D eigenvalue weighted by Gasteiger charge is 2.31. The average Bonchev–Trinajstić information content (AvgIpc) is 2.18. The van der Waals surface area contributed by atoms with Crippen molar-refractivity contribution in [1.29, 1.82) is 0 Å². The third-order valence-corrected chi connectivity index (χ3v) is 2.00. The fourth-order valence-electron chi connectivity index (χ4n) is 1.15. The second kappa shape index (κ2) is 5.30. The van der Waals surface area contributed by atoms with E-state index in [0.29, 0.717) is 17.9 Å². The molecule has 0 atom stereocenters. The van der Waals surface area contributed by atoms with Gasteiger partial charge >= 0.3 is 6.36 Å². The summed E-state index contributed by atoms with van der Waals surface area (Å²) in [5, 5.41) is 0. The molecule has 0 saturated carbocycles. The summed E-state index contributed by atoms with van der Waals surface area (Å²) in [6, 6.07) is 3.81. The van der Waals surface area contributed by atoms with E-state index in [9.17, 15) is 13.2 Å². The van der Waals surface area contributed by atoms with Crippen LogP contribution in [0.2, 0.25) is 0 Å². The number of halogens is 4. The Labute approximate surface area is 95.9 Å². The van der Waals surface area contributed by atoms with Gasteiger partial charge in [0.1, 0.15) is 11.5 Å². The summed E-state index contributed by atoms with van der Waals surface area (Å²) in [6.45, 7) is 2.20. The van der Waals surface area contributed by atoms with E-state index in [1.807, 2.05) is 0 Å². The first-order valence-electron chi connectivity index (χ1n) is 4.53. The van der Waals surface area contributed by atoms with Gasteiger partial charge in [0.05, 0.1) is 12.5 Å². The van der Waals surface area contributed by atoms with Crippen LogP contribution in [0.1, 0.15) is 12.5 Å². The van der Waals surface area contributed by atoms with Gasteiger partial charge in [-0.2, -0.15) is 0 Å². The lowest BCUT2D eigenvalue weighted by Crippen LogP contribution is -2.17. The Hall–Kier alpha value is -1.10. The zero-order chi connectivity index (χ0) is 12.2. The second-order valence-corrected chi connectivity index (χ2v) is 3.15. The quantitative estimate of drug-likeness (QED) is 0.763. The van der Waals surface area contributed by atoms with Crippen LogP contribution in [-0.2, 0) is 5.88 Å². The first kappa shape index (κ1) is 13.0. The summed E-state index contributed by atoms with van der Waals surface area (Å²) >= 11 is 5.59. The fraction of sp³-hybridized carbons (Fsp3) is 0.400. The molecule has 1 aromatic rings. The number of hydrogen-bond donors (Lipinski definition) is 0. The smallest absolute Gasteiger partial charge is 0.494 e. The van der Waals surface area contributed by atoms with Gasteiger partial charge in [-0.1, -0.05) is 0 Å². The van der Waals surface area contributed by atoms with Crippen molar-refractivity contribution in [2.45, 2.75) is 19.2 Å². The number of alkyl halides is 4. The van der Waals surface area contributed by atoms with Crippen molar-refractivity contribution in [2.24, 2.45) is 0 Å².